The molecule has 7 heteroatoms. The van der Waals surface area contributed by atoms with Crippen LogP contribution in [-0.2, 0) is 4.79 Å². The molecular weight excluding hydrogens is 222 g/mol. The van der Waals surface area contributed by atoms with Gasteiger partial charge in [0.05, 0.1) is 0 Å². The average molecular weight is 241 g/mol. The maximum Gasteiger partial charge on any atom is 0.323 e. The number of azide groups is 1. The van der Waals surface area contributed by atoms with Crippen LogP contribution in [0, 0.1) is 0 Å². The summed E-state index contributed by atoms with van der Waals surface area (Å²) >= 11 is 0. The number of carbonyl (C=O) groups is 1. The Kier molecular flexibility index (Phi) is 5.21. The first-order valence-electron chi connectivity index (χ1n) is 5.78. The molecule has 17 heavy (non-hydrogen) atoms. The van der Waals surface area contributed by atoms with E-state index < -0.39 is 11.5 Å². The van der Waals surface area contributed by atoms with Crippen LogP contribution in [0.25, 0.3) is 10.4 Å². The normalized spacial score (nSPS) is 25.9. The number of aliphatic carboxylic acids is 1. The molecule has 0 bridgehead atoms. The molecule has 1 atom stereocenters. The number of nitrogens with zero attached hydrogens (tertiary/aromatic N) is 4. The summed E-state index contributed by atoms with van der Waals surface area (Å²) in [5, 5.41) is 15.8. The van der Waals surface area contributed by atoms with Crippen molar-refractivity contribution in [3.8, 4) is 0 Å². The van der Waals surface area contributed by atoms with E-state index in [1.54, 1.807) is 0 Å². The van der Waals surface area contributed by atoms with Gasteiger partial charge in [0.1, 0.15) is 5.54 Å². The Morgan fingerprint density at radius 3 is 3.00 bits per heavy atom. The van der Waals surface area contributed by atoms with Crippen molar-refractivity contribution in [3.63, 3.8) is 0 Å². The van der Waals surface area contributed by atoms with Gasteiger partial charge in [-0.2, -0.15) is 0 Å². The number of hydrogen-bond acceptors (Lipinski definition) is 4. The minimum Gasteiger partial charge on any atom is -0.480 e. The Hall–Kier alpha value is -1.30. The number of hydrogen-bond donors (Lipinski definition) is 2. The Morgan fingerprint density at radius 1 is 1.59 bits per heavy atom. The van der Waals surface area contributed by atoms with Crippen LogP contribution in [0.2, 0.25) is 0 Å². The largest absolute Gasteiger partial charge is 0.480 e. The molecule has 0 aromatic heterocycles. The molecule has 1 fully saturated rings. The minimum absolute atomic E-state index is 0.279. The molecule has 1 aliphatic rings. The fourth-order valence-electron chi connectivity index (χ4n) is 2.13. The summed E-state index contributed by atoms with van der Waals surface area (Å²) in [7, 11) is 2.00. The topological polar surface area (TPSA) is 101 Å². The quantitative estimate of drug-likeness (QED) is 0.322. The van der Waals surface area contributed by atoms with Crippen molar-refractivity contribution >= 4 is 5.97 Å². The Balaban J connectivity index is 2.61. The van der Waals surface area contributed by atoms with Crippen LogP contribution in [0.5, 0.6) is 0 Å². The zero-order valence-corrected chi connectivity index (χ0v) is 10.1. The first kappa shape index (κ1) is 13.8. The lowest BCUT2D eigenvalue weighted by molar-refractivity contribution is -0.145. The summed E-state index contributed by atoms with van der Waals surface area (Å²) < 4.78 is 0. The second-order valence-corrected chi connectivity index (χ2v) is 4.43. The van der Waals surface area contributed by atoms with Crippen molar-refractivity contribution in [2.24, 2.45) is 5.11 Å². The third kappa shape index (κ3) is 3.89. The van der Waals surface area contributed by atoms with Crippen molar-refractivity contribution in [3.05, 3.63) is 10.4 Å². The molecule has 0 aromatic carbocycles. The summed E-state index contributed by atoms with van der Waals surface area (Å²) in [6, 6.07) is 0. The molecular formula is C10H19N5O2. The van der Waals surface area contributed by atoms with Crippen LogP contribution in [0.3, 0.4) is 0 Å². The number of carboxylic acid groups (broad SMARTS) is 1. The van der Waals surface area contributed by atoms with E-state index in [1.165, 1.54) is 0 Å². The Morgan fingerprint density at radius 2 is 2.35 bits per heavy atom. The third-order valence-corrected chi connectivity index (χ3v) is 3.21. The zero-order valence-electron chi connectivity index (χ0n) is 10.1. The summed E-state index contributed by atoms with van der Waals surface area (Å²) in [4.78, 5) is 16.2. The lowest BCUT2D eigenvalue weighted by Gasteiger charge is -2.29. The van der Waals surface area contributed by atoms with Crippen LogP contribution in [0.1, 0.15) is 19.3 Å². The maximum absolute atomic E-state index is 11.4. The highest BCUT2D eigenvalue weighted by atomic mass is 16.4. The molecule has 96 valence electrons. The number of nitrogens with one attached hydrogen (secondary N) is 1. The van der Waals surface area contributed by atoms with E-state index in [1.807, 2.05) is 7.05 Å². The molecule has 1 saturated heterocycles. The predicted molar refractivity (Wildman–Crippen MR) is 63.7 cm³/mol. The smallest absolute Gasteiger partial charge is 0.323 e. The van der Waals surface area contributed by atoms with E-state index in [0.29, 0.717) is 19.4 Å². The van der Waals surface area contributed by atoms with Crippen molar-refractivity contribution in [1.82, 2.24) is 10.2 Å². The van der Waals surface area contributed by atoms with E-state index in [-0.39, 0.29) is 6.54 Å². The van der Waals surface area contributed by atoms with E-state index >= 15 is 0 Å². The molecule has 0 saturated carbocycles. The van der Waals surface area contributed by atoms with Gasteiger partial charge in [0.2, 0.25) is 0 Å². The van der Waals surface area contributed by atoms with Crippen LogP contribution in [0.15, 0.2) is 5.11 Å². The van der Waals surface area contributed by atoms with E-state index in [9.17, 15) is 9.90 Å². The van der Waals surface area contributed by atoms with Crippen molar-refractivity contribution in [2.45, 2.75) is 24.8 Å². The van der Waals surface area contributed by atoms with E-state index in [4.69, 9.17) is 5.53 Å². The molecule has 0 amide bonds. The first-order chi connectivity index (χ1) is 8.10. The van der Waals surface area contributed by atoms with Crippen molar-refractivity contribution < 1.29 is 9.90 Å². The molecule has 0 radical (unpaired) electrons. The van der Waals surface area contributed by atoms with Crippen LogP contribution in [-0.4, -0.2) is 54.7 Å². The first-order valence-corrected chi connectivity index (χ1v) is 5.78. The molecule has 0 spiro atoms. The average Bonchev–Trinajstić information content (AvgIpc) is 2.48. The monoisotopic (exact) mass is 241 g/mol. The fraction of sp³-hybridized carbons (Fsp3) is 0.900. The maximum atomic E-state index is 11.4. The van der Waals surface area contributed by atoms with Gasteiger partial charge in [-0.3, -0.25) is 4.79 Å². The number of rotatable bonds is 5. The van der Waals surface area contributed by atoms with Gasteiger partial charge in [0, 0.05) is 24.5 Å². The van der Waals surface area contributed by atoms with Crippen LogP contribution < -0.4 is 5.32 Å². The molecule has 0 aliphatic carbocycles. The number of carboxylic acids is 1. The highest BCUT2D eigenvalue weighted by molar-refractivity contribution is 5.78. The fourth-order valence-corrected chi connectivity index (χ4v) is 2.13. The van der Waals surface area contributed by atoms with Crippen molar-refractivity contribution in [2.75, 3.05) is 33.2 Å². The van der Waals surface area contributed by atoms with Crippen LogP contribution >= 0.6 is 0 Å². The van der Waals surface area contributed by atoms with Gasteiger partial charge >= 0.3 is 5.97 Å². The molecule has 0 aromatic rings. The van der Waals surface area contributed by atoms with Gasteiger partial charge in [-0.1, -0.05) is 5.11 Å². The summed E-state index contributed by atoms with van der Waals surface area (Å²) in [5.74, 6) is -0.811. The minimum atomic E-state index is -0.865. The second kappa shape index (κ2) is 6.44. The molecule has 1 unspecified atom stereocenters. The SMILES string of the molecule is CN1CCCC(NCCN=[N+]=[N-])(C(=O)O)CC1. The molecule has 1 aliphatic heterocycles. The van der Waals surface area contributed by atoms with Gasteiger partial charge in [0.15, 0.2) is 0 Å². The molecule has 1 heterocycles. The van der Waals surface area contributed by atoms with Gasteiger partial charge < -0.3 is 15.3 Å². The summed E-state index contributed by atoms with van der Waals surface area (Å²) in [5.41, 5.74) is 7.30. The van der Waals surface area contributed by atoms with Gasteiger partial charge in [0.25, 0.3) is 0 Å². The summed E-state index contributed by atoms with van der Waals surface area (Å²) in [6.07, 6.45) is 2.05. The Labute approximate surface area is 100 Å². The van der Waals surface area contributed by atoms with Gasteiger partial charge in [-0.05, 0) is 38.4 Å². The number of likely N-dealkylation sites (tertiary alicyclic amines) is 1. The van der Waals surface area contributed by atoms with E-state index in [2.05, 4.69) is 20.2 Å². The molecule has 2 N–H and O–H groups in total. The van der Waals surface area contributed by atoms with Gasteiger partial charge in [-0.25, -0.2) is 0 Å². The Bertz CT molecular complexity index is 316. The molecule has 7 nitrogen and oxygen atoms in total. The summed E-state index contributed by atoms with van der Waals surface area (Å²) in [6.45, 7) is 2.37. The van der Waals surface area contributed by atoms with Crippen molar-refractivity contribution in [1.29, 1.82) is 0 Å². The zero-order chi connectivity index (χ0) is 12.7. The lowest BCUT2D eigenvalue weighted by Crippen LogP contribution is -2.53. The standard InChI is InChI=1S/C10H19N5O2/c1-15-7-2-3-10(4-8-15,9(16)17)12-5-6-13-14-11/h12H,2-8H2,1H3,(H,16,17). The molecule has 1 rings (SSSR count). The predicted octanol–water partition coefficient (Wildman–Crippen LogP) is 0.825. The second-order valence-electron chi connectivity index (χ2n) is 4.43. The lowest BCUT2D eigenvalue weighted by atomic mass is 9.90. The highest BCUT2D eigenvalue weighted by Crippen LogP contribution is 2.22. The highest BCUT2D eigenvalue weighted by Gasteiger charge is 2.38. The third-order valence-electron chi connectivity index (χ3n) is 3.21. The van der Waals surface area contributed by atoms with E-state index in [0.717, 1.165) is 19.5 Å². The van der Waals surface area contributed by atoms with Crippen LogP contribution in [0.4, 0.5) is 0 Å². The van der Waals surface area contributed by atoms with Gasteiger partial charge in [-0.15, -0.1) is 0 Å².